The smallest absolute Gasteiger partial charge is 0.254 e. The first-order valence-electron chi connectivity index (χ1n) is 30.9. The average molecular weight is 1070 g/mol. The molecule has 0 bridgehead atoms. The summed E-state index contributed by atoms with van der Waals surface area (Å²) in [4.78, 5) is 1.45. The van der Waals surface area contributed by atoms with Gasteiger partial charge in [-0.05, 0) is 113 Å². The number of fused-ring (bicyclic) bond motifs is 17. The van der Waals surface area contributed by atoms with Crippen molar-refractivity contribution < 1.29 is 37.4 Å². The molecule has 10 aromatic rings. The molecular formula is C66H84N8O2S+4. The summed E-state index contributed by atoms with van der Waals surface area (Å²) in [6.07, 6.45) is 2.36. The number of furan rings is 2. The first-order valence-corrected chi connectivity index (χ1v) is 28.2. The maximum absolute atomic E-state index is 8.62. The summed E-state index contributed by atoms with van der Waals surface area (Å²) >= 11 is 1.86. The molecule has 4 aliphatic heterocycles. The van der Waals surface area contributed by atoms with E-state index in [1.165, 1.54) is 118 Å². The van der Waals surface area contributed by atoms with Gasteiger partial charge in [-0.2, -0.15) is 0 Å². The maximum Gasteiger partial charge on any atom is 0.254 e. The molecule has 0 N–H and O–H groups in total. The summed E-state index contributed by atoms with van der Waals surface area (Å²) in [7, 11) is 8.37. The van der Waals surface area contributed by atoms with Crippen LogP contribution in [0.25, 0.3) is 66.8 Å². The number of para-hydroxylation sites is 1. The van der Waals surface area contributed by atoms with Gasteiger partial charge < -0.3 is 8.83 Å². The van der Waals surface area contributed by atoms with Crippen LogP contribution in [0.3, 0.4) is 0 Å². The summed E-state index contributed by atoms with van der Waals surface area (Å²) in [6.45, 7) is 37.9. The molecule has 0 saturated heterocycles. The Labute approximate surface area is 469 Å². The van der Waals surface area contributed by atoms with E-state index in [4.69, 9.17) is 19.1 Å². The number of aromatic nitrogens is 8. The summed E-state index contributed by atoms with van der Waals surface area (Å²) in [5.74, 6) is 5.94. The highest BCUT2D eigenvalue weighted by molar-refractivity contribution is 7.13. The van der Waals surface area contributed by atoms with E-state index in [0.29, 0.717) is 6.30 Å². The minimum atomic E-state index is -0.218. The summed E-state index contributed by atoms with van der Waals surface area (Å²) in [5, 5.41) is 3.44. The Morgan fingerprint density at radius 2 is 1.06 bits per heavy atom. The molecule has 3 aromatic carbocycles. The normalized spacial score (nSPS) is 17.1. The van der Waals surface area contributed by atoms with Gasteiger partial charge in [0.25, 0.3) is 17.5 Å². The van der Waals surface area contributed by atoms with Crippen molar-refractivity contribution >= 4 is 22.3 Å². The zero-order valence-electron chi connectivity index (χ0n) is 56.4. The van der Waals surface area contributed by atoms with E-state index in [1.807, 2.05) is 29.0 Å². The Morgan fingerprint density at radius 1 is 0.519 bits per heavy atom. The lowest BCUT2D eigenvalue weighted by Crippen LogP contribution is -2.52. The average Bonchev–Trinajstić information content (AvgIpc) is 1.66. The lowest BCUT2D eigenvalue weighted by molar-refractivity contribution is -0.737. The maximum atomic E-state index is 8.62. The quantitative estimate of drug-likeness (QED) is 0.142. The lowest BCUT2D eigenvalue weighted by Gasteiger charge is -2.22. The minimum absolute atomic E-state index is 0.00496. The van der Waals surface area contributed by atoms with E-state index < -0.39 is 0 Å². The van der Waals surface area contributed by atoms with Crippen LogP contribution in [-0.2, 0) is 55.8 Å². The van der Waals surface area contributed by atoms with Gasteiger partial charge >= 0.3 is 0 Å². The Bertz CT molecular complexity index is 4140. The van der Waals surface area contributed by atoms with Gasteiger partial charge in [0.05, 0.1) is 44.9 Å². The van der Waals surface area contributed by atoms with E-state index in [-0.39, 0.29) is 27.6 Å². The largest absolute Gasteiger partial charge is 0.460 e. The van der Waals surface area contributed by atoms with Crippen molar-refractivity contribution in [3.8, 4) is 55.9 Å². The number of rotatable bonds is 0. The van der Waals surface area contributed by atoms with E-state index >= 15 is 0 Å². The van der Waals surface area contributed by atoms with Crippen molar-refractivity contribution in [3.63, 3.8) is 0 Å². The zero-order valence-corrected chi connectivity index (χ0v) is 50.2. The van der Waals surface area contributed by atoms with Crippen molar-refractivity contribution in [1.82, 2.24) is 18.3 Å². The summed E-state index contributed by atoms with van der Waals surface area (Å²) in [6, 6.07) is 26.3. The molecule has 11 heterocycles. The molecule has 77 heavy (non-hydrogen) atoms. The fourth-order valence-electron chi connectivity index (χ4n) is 14.5. The number of benzene rings is 3. The third kappa shape index (κ3) is 6.46. The summed E-state index contributed by atoms with van der Waals surface area (Å²) < 4.78 is 68.7. The van der Waals surface area contributed by atoms with Crippen molar-refractivity contribution in [3.05, 3.63) is 164 Å². The van der Waals surface area contributed by atoms with Crippen LogP contribution < -0.4 is 18.3 Å². The molecule has 11 heteroatoms. The van der Waals surface area contributed by atoms with E-state index in [0.717, 1.165) is 22.8 Å². The molecule has 0 amide bonds. The van der Waals surface area contributed by atoms with Crippen LogP contribution >= 0.6 is 11.3 Å². The number of imidazole rings is 4. The number of hydrogen-bond acceptors (Lipinski definition) is 3. The third-order valence-electron chi connectivity index (χ3n) is 19.3. The first-order chi connectivity index (χ1) is 39.5. The van der Waals surface area contributed by atoms with Crippen LogP contribution in [0, 0.1) is 48.5 Å². The Morgan fingerprint density at radius 3 is 1.73 bits per heavy atom. The van der Waals surface area contributed by atoms with Gasteiger partial charge in [-0.3, -0.25) is 0 Å². The van der Waals surface area contributed by atoms with Crippen molar-refractivity contribution in [2.24, 2.45) is 28.2 Å². The van der Waals surface area contributed by atoms with Gasteiger partial charge in [-0.25, -0.2) is 36.5 Å². The highest BCUT2D eigenvalue weighted by Gasteiger charge is 2.51. The second kappa shape index (κ2) is 16.3. The molecule has 7 aromatic heterocycles. The number of thiophene rings is 1. The Hall–Kier alpha value is -6.98. The van der Waals surface area contributed by atoms with Crippen LogP contribution in [0.4, 0.5) is 0 Å². The molecule has 0 saturated carbocycles. The van der Waals surface area contributed by atoms with E-state index in [9.17, 15) is 0 Å². The van der Waals surface area contributed by atoms with Crippen LogP contribution in [0.1, 0.15) is 153 Å². The van der Waals surface area contributed by atoms with Crippen LogP contribution in [0.5, 0.6) is 0 Å². The third-order valence-corrected chi connectivity index (χ3v) is 20.2. The molecule has 0 spiro atoms. The van der Waals surface area contributed by atoms with Crippen molar-refractivity contribution in [2.45, 2.75) is 145 Å². The molecule has 0 fully saturated rings. The van der Waals surface area contributed by atoms with Gasteiger partial charge in [0, 0.05) is 90.4 Å². The lowest BCUT2D eigenvalue weighted by atomic mass is 9.80. The van der Waals surface area contributed by atoms with Gasteiger partial charge in [0.15, 0.2) is 35.7 Å². The molecule has 0 radical (unpaired) electrons. The Kier molecular flexibility index (Phi) is 9.76. The molecule has 10 nitrogen and oxygen atoms in total. The molecule has 0 atom stereocenters. The Balaban J connectivity index is 0.000000133. The zero-order chi connectivity index (χ0) is 62.2. The molecule has 402 valence electrons. The van der Waals surface area contributed by atoms with Gasteiger partial charge in [0.2, 0.25) is 17.7 Å². The van der Waals surface area contributed by atoms with Crippen molar-refractivity contribution in [1.29, 1.82) is 0 Å². The van der Waals surface area contributed by atoms with Crippen molar-refractivity contribution in [2.75, 3.05) is 0 Å². The highest BCUT2D eigenvalue weighted by atomic mass is 32.1. The van der Waals surface area contributed by atoms with Gasteiger partial charge in [-0.15, -0.1) is 11.3 Å². The number of hydrogen-bond donors (Lipinski definition) is 0. The highest BCUT2D eigenvalue weighted by Crippen LogP contribution is 2.53. The molecular weight excluding hydrogens is 969 g/mol. The van der Waals surface area contributed by atoms with Crippen LogP contribution in [0.15, 0.2) is 99.6 Å². The SMILES string of the molecule is Cc1c2[n+](c(C)n1C)C(C)(C)c1c-2oc2ccccc12.Cc1c2[n+](c(C)n1C)C(C)(C)c1ccoc1-2.Cc1c2[n+](c(C)n1C)C(C)(C)c1ccsc1-2.[3H][3H].[3H][3H].[3H][3H].[3H]c1n(C)c(C)c2[n+]1C(C)(C)c1cc3c(cc1-2)C(C)(C)c1ccccc1-3. The second-order valence-corrected chi connectivity index (χ2v) is 26.0. The topological polar surface area (TPSA) is 61.5 Å². The molecule has 5 aliphatic rings. The summed E-state index contributed by atoms with van der Waals surface area (Å²) in [5.41, 5.74) is 23.1. The predicted molar refractivity (Wildman–Crippen MR) is 315 cm³/mol. The van der Waals surface area contributed by atoms with Gasteiger partial charge in [-0.1, -0.05) is 56.3 Å². The molecule has 0 unspecified atom stereocenters. The molecule has 1 aliphatic carbocycles. The van der Waals surface area contributed by atoms with Crippen LogP contribution in [0.2, 0.25) is 0 Å². The number of nitrogens with zero attached hydrogens (tertiary/aromatic N) is 8. The fourth-order valence-corrected chi connectivity index (χ4v) is 15.6. The van der Waals surface area contributed by atoms with E-state index in [1.54, 1.807) is 6.26 Å². The fraction of sp³-hybridized carbons (Fsp3) is 0.394. The monoisotopic (exact) mass is 1070 g/mol. The second-order valence-electron chi connectivity index (χ2n) is 25.0. The van der Waals surface area contributed by atoms with Crippen LogP contribution in [-0.4, -0.2) is 18.3 Å². The molecule has 15 rings (SSSR count). The predicted octanol–water partition coefficient (Wildman–Crippen LogP) is 13.9. The standard InChI is InChI=1S/C23H25N2.C17H19N2O.C13H17N2O.C13H17N2S.3H2/c1-14-21-17-12-19-16(15-9-7-8-10-18(15)22(19,2)3)11-20(17)23(4,5)25(21)13-24(14)6;1-10-15-16-14(12-8-6-7-9-13(12)20-16)17(3,4)19(15)11(2)18(10)5;2*1-8-11-12-10(6-7-16-12)13(3,4)15(11)9(2)14(8)5;;;/h7-13H,1-6H3;6-9H,1-5H3;2*6-7H,1-5H3;3*1H/q4*+1;;;/i13T;;;;3*1+2T. The first kappa shape index (κ1) is 46.1. The van der Waals surface area contributed by atoms with Gasteiger partial charge in [0.1, 0.15) is 39.1 Å². The van der Waals surface area contributed by atoms with E-state index in [2.05, 4.69) is 243 Å². The minimum Gasteiger partial charge on any atom is -0.460 e.